The summed E-state index contributed by atoms with van der Waals surface area (Å²) < 4.78 is 23.3. The quantitative estimate of drug-likeness (QED) is 0.0564. The molecule has 15 nitrogen and oxygen atoms in total. The fourth-order valence-electron chi connectivity index (χ4n) is 9.62. The number of nitro groups is 1. The molecule has 2 amide bonds. The van der Waals surface area contributed by atoms with Crippen molar-refractivity contribution in [2.24, 2.45) is 5.92 Å². The molecule has 2 N–H and O–H groups in total. The molecule has 67 heavy (non-hydrogen) atoms. The monoisotopic (exact) mass is 899 g/mol. The number of aliphatic hydroxyl groups is 1. The third kappa shape index (κ3) is 7.88. The number of anilines is 1. The molecule has 0 radical (unpaired) electrons. The maximum Gasteiger partial charge on any atom is 0.421 e. The number of cyclic esters (lactones) is 1. The van der Waals surface area contributed by atoms with Crippen LogP contribution in [0.25, 0.3) is 0 Å². The largest absolute Gasteiger partial charge is 0.497 e. The number of aliphatic hydroxyl groups excluding tert-OH is 1. The summed E-state index contributed by atoms with van der Waals surface area (Å²) in [5, 5.41) is 32.7. The van der Waals surface area contributed by atoms with Crippen LogP contribution in [0.5, 0.6) is 11.5 Å². The lowest BCUT2D eigenvalue weighted by molar-refractivity contribution is -0.384. The number of imide groups is 1. The molecule has 1 spiro atoms. The van der Waals surface area contributed by atoms with E-state index < -0.39 is 71.0 Å². The number of carboxylic acids is 1. The Balaban J connectivity index is 1.29. The van der Waals surface area contributed by atoms with Gasteiger partial charge in [-0.1, -0.05) is 84.6 Å². The van der Waals surface area contributed by atoms with E-state index in [1.807, 2.05) is 36.4 Å². The van der Waals surface area contributed by atoms with Gasteiger partial charge in [0.25, 0.3) is 5.69 Å². The molecular formula is C52H41N3O12. The van der Waals surface area contributed by atoms with Crippen LogP contribution in [-0.4, -0.2) is 70.3 Å². The van der Waals surface area contributed by atoms with Crippen molar-refractivity contribution in [2.45, 2.75) is 36.3 Å². The van der Waals surface area contributed by atoms with E-state index in [-0.39, 0.29) is 35.9 Å². The van der Waals surface area contributed by atoms with Crippen LogP contribution in [0.1, 0.15) is 57.1 Å². The minimum atomic E-state index is -2.27. The first-order chi connectivity index (χ1) is 32.5. The SMILES string of the molecule is COc1ccc(C#Cc2ccc3c(c2)[C@]2(C(=O)N3C(=O)OCc3ccc([N+](=O)[O-])cc3)[C@H](C(=O)O)[C@H]3C(=O)O[C@H](c4ccccc4)[C@H](c4ccccc4)N3[C@@H]2c2cccc(OCCO)c2)cc1. The Morgan fingerprint density at radius 2 is 1.43 bits per heavy atom. The molecule has 3 aliphatic rings. The highest BCUT2D eigenvalue weighted by molar-refractivity contribution is 6.23. The summed E-state index contributed by atoms with van der Waals surface area (Å²) in [4.78, 5) is 73.3. The van der Waals surface area contributed by atoms with Gasteiger partial charge in [-0.2, -0.15) is 0 Å². The Morgan fingerprint density at radius 1 is 0.776 bits per heavy atom. The van der Waals surface area contributed by atoms with Gasteiger partial charge in [0.15, 0.2) is 0 Å². The van der Waals surface area contributed by atoms with Crippen LogP contribution in [0.15, 0.2) is 152 Å². The molecule has 0 bridgehead atoms. The van der Waals surface area contributed by atoms with Crippen molar-refractivity contribution in [2.75, 3.05) is 25.2 Å². The number of benzene rings is 6. The van der Waals surface area contributed by atoms with Crippen molar-refractivity contribution >= 4 is 35.3 Å². The Labute approximate surface area is 383 Å². The maximum absolute atomic E-state index is 16.1. The number of rotatable bonds is 11. The molecule has 0 unspecified atom stereocenters. The van der Waals surface area contributed by atoms with Crippen LogP contribution in [-0.2, 0) is 35.9 Å². The number of hydrogen-bond donors (Lipinski definition) is 2. The Kier molecular flexibility index (Phi) is 12.0. The first-order valence-corrected chi connectivity index (χ1v) is 21.2. The molecule has 0 saturated carbocycles. The minimum absolute atomic E-state index is 0.00159. The minimum Gasteiger partial charge on any atom is -0.497 e. The first kappa shape index (κ1) is 43.9. The summed E-state index contributed by atoms with van der Waals surface area (Å²) in [5.41, 5.74) is 0.634. The lowest BCUT2D eigenvalue weighted by Crippen LogP contribution is -2.53. The molecule has 3 aliphatic heterocycles. The predicted octanol–water partition coefficient (Wildman–Crippen LogP) is 7.46. The average molecular weight is 900 g/mol. The van der Waals surface area contributed by atoms with Gasteiger partial charge in [0.05, 0.1) is 36.4 Å². The van der Waals surface area contributed by atoms with Gasteiger partial charge in [0.2, 0.25) is 5.91 Å². The molecular weight excluding hydrogens is 859 g/mol. The number of morpholine rings is 1. The second kappa shape index (κ2) is 18.3. The van der Waals surface area contributed by atoms with Crippen LogP contribution in [0.2, 0.25) is 0 Å². The van der Waals surface area contributed by atoms with Crippen LogP contribution < -0.4 is 14.4 Å². The molecule has 6 aromatic rings. The number of nitro benzene ring substituents is 1. The van der Waals surface area contributed by atoms with Gasteiger partial charge in [-0.15, -0.1) is 0 Å². The molecule has 9 rings (SSSR count). The number of carbonyl (C=O) groups excluding carboxylic acids is 3. The van der Waals surface area contributed by atoms with E-state index in [2.05, 4.69) is 11.8 Å². The number of carboxylic acid groups (broad SMARTS) is 1. The first-order valence-electron chi connectivity index (χ1n) is 21.2. The van der Waals surface area contributed by atoms with Gasteiger partial charge in [0, 0.05) is 23.3 Å². The van der Waals surface area contributed by atoms with Gasteiger partial charge < -0.3 is 29.2 Å². The van der Waals surface area contributed by atoms with Crippen molar-refractivity contribution in [1.82, 2.24) is 4.90 Å². The highest BCUT2D eigenvalue weighted by atomic mass is 16.6. The summed E-state index contributed by atoms with van der Waals surface area (Å²) in [6.07, 6.45) is -2.16. The Morgan fingerprint density at radius 3 is 2.09 bits per heavy atom. The van der Waals surface area contributed by atoms with Crippen LogP contribution >= 0.6 is 0 Å². The standard InChI is InChI=1S/C52H41N3O12/c1-64-39-24-19-32(20-25-39)15-16-33-21-26-42-41(29-33)52(50(60)53(42)51(61)66-31-34-17-22-38(23-18-34)55(62)63)43(48(57)58)45-49(59)67-46(36-11-6-3-7-12-36)44(35-9-4-2-5-10-35)54(45)47(52)37-13-8-14-40(30-37)65-28-27-56/h2-14,17-26,29-30,43-47,56H,27-28,31H2,1H3,(H,57,58)/t43-,44-,45-,46+,47+,52-/m0/s1. The van der Waals surface area contributed by atoms with E-state index in [0.717, 1.165) is 4.90 Å². The van der Waals surface area contributed by atoms with Gasteiger partial charge >= 0.3 is 18.0 Å². The van der Waals surface area contributed by atoms with Crippen LogP contribution in [0, 0.1) is 27.9 Å². The average Bonchev–Trinajstić information content (AvgIpc) is 3.81. The zero-order chi connectivity index (χ0) is 46.8. The number of amides is 2. The maximum atomic E-state index is 16.1. The summed E-state index contributed by atoms with van der Waals surface area (Å²) in [6.45, 7) is -0.790. The van der Waals surface area contributed by atoms with Crippen molar-refractivity contribution < 1.29 is 53.3 Å². The lowest BCUT2D eigenvalue weighted by Gasteiger charge is -2.46. The second-order valence-electron chi connectivity index (χ2n) is 16.1. The van der Waals surface area contributed by atoms with E-state index in [4.69, 9.17) is 18.9 Å². The van der Waals surface area contributed by atoms with Gasteiger partial charge in [-0.25, -0.2) is 9.69 Å². The summed E-state index contributed by atoms with van der Waals surface area (Å²) in [5.74, 6) is 1.88. The number of fused-ring (bicyclic) bond motifs is 3. The summed E-state index contributed by atoms with van der Waals surface area (Å²) in [7, 11) is 1.55. The molecule has 3 heterocycles. The summed E-state index contributed by atoms with van der Waals surface area (Å²) >= 11 is 0. The predicted molar refractivity (Wildman–Crippen MR) is 241 cm³/mol. The van der Waals surface area contributed by atoms with E-state index in [1.54, 1.807) is 96.9 Å². The number of non-ortho nitro benzene ring substituents is 1. The number of ether oxygens (including phenoxy) is 4. The van der Waals surface area contributed by atoms with Crippen molar-refractivity contribution in [1.29, 1.82) is 0 Å². The molecule has 15 heteroatoms. The second-order valence-corrected chi connectivity index (χ2v) is 16.1. The number of hydrogen-bond acceptors (Lipinski definition) is 12. The molecule has 0 aliphatic carbocycles. The Bertz CT molecular complexity index is 2940. The van der Waals surface area contributed by atoms with E-state index in [9.17, 15) is 34.7 Å². The zero-order valence-corrected chi connectivity index (χ0v) is 35.8. The number of carbonyl (C=O) groups is 4. The number of esters is 1. The topological polar surface area (TPSA) is 195 Å². The van der Waals surface area contributed by atoms with E-state index in [1.165, 1.54) is 30.3 Å². The molecule has 336 valence electrons. The van der Waals surface area contributed by atoms with Gasteiger partial charge in [0.1, 0.15) is 48.2 Å². The van der Waals surface area contributed by atoms with Crippen molar-refractivity contribution in [3.63, 3.8) is 0 Å². The molecule has 0 aromatic heterocycles. The van der Waals surface area contributed by atoms with Crippen molar-refractivity contribution in [3.8, 4) is 23.3 Å². The molecule has 2 saturated heterocycles. The Hall–Kier alpha value is -8.32. The third-order valence-corrected chi connectivity index (χ3v) is 12.4. The summed E-state index contributed by atoms with van der Waals surface area (Å²) in [6, 6.07) is 38.0. The molecule has 6 aromatic carbocycles. The number of nitrogens with zero attached hydrogens (tertiary/aromatic N) is 3. The normalized spacial score (nSPS) is 21.6. The fourth-order valence-corrected chi connectivity index (χ4v) is 9.62. The molecule has 6 atom stereocenters. The zero-order valence-electron chi connectivity index (χ0n) is 35.8. The third-order valence-electron chi connectivity index (χ3n) is 12.4. The van der Waals surface area contributed by atoms with Crippen LogP contribution in [0.4, 0.5) is 16.2 Å². The van der Waals surface area contributed by atoms with Gasteiger partial charge in [-0.05, 0) is 94.5 Å². The highest BCUT2D eigenvalue weighted by Gasteiger charge is 2.76. The van der Waals surface area contributed by atoms with E-state index >= 15 is 4.79 Å². The number of methoxy groups -OCH3 is 1. The smallest absolute Gasteiger partial charge is 0.421 e. The molecule has 2 fully saturated rings. The number of aliphatic carboxylic acids is 1. The van der Waals surface area contributed by atoms with Gasteiger partial charge in [-0.3, -0.25) is 29.4 Å². The van der Waals surface area contributed by atoms with E-state index in [0.29, 0.717) is 39.1 Å². The van der Waals surface area contributed by atoms with Crippen molar-refractivity contribution in [3.05, 3.63) is 201 Å². The van der Waals surface area contributed by atoms with Crippen LogP contribution in [0.3, 0.4) is 0 Å². The highest BCUT2D eigenvalue weighted by Crippen LogP contribution is 2.66. The fraction of sp³-hybridized carbons (Fsp3) is 0.192. The lowest BCUT2D eigenvalue weighted by atomic mass is 9.65.